The summed E-state index contributed by atoms with van der Waals surface area (Å²) < 4.78 is 18.1. The molecular weight excluding hydrogens is 359 g/mol. The number of likely N-dealkylation sites (N-methyl/N-ethyl adjacent to an activating group) is 1. The summed E-state index contributed by atoms with van der Waals surface area (Å²) in [5.41, 5.74) is 3.08. The number of hydrogen-bond acceptors (Lipinski definition) is 4. The van der Waals surface area contributed by atoms with Crippen molar-refractivity contribution in [2.75, 3.05) is 33.4 Å². The van der Waals surface area contributed by atoms with Crippen molar-refractivity contribution in [2.45, 2.75) is 24.9 Å². The highest BCUT2D eigenvalue weighted by Crippen LogP contribution is 2.34. The lowest BCUT2D eigenvalue weighted by atomic mass is 9.77. The van der Waals surface area contributed by atoms with Crippen molar-refractivity contribution < 1.29 is 19.0 Å². The predicted octanol–water partition coefficient (Wildman–Crippen LogP) is 2.40. The number of carbonyl (C=O) groups is 1. The molecule has 6 heteroatoms. The topological polar surface area (TPSA) is 61.8 Å². The van der Waals surface area contributed by atoms with Gasteiger partial charge in [0.15, 0.2) is 0 Å². The number of ether oxygens (including phenoxy) is 1. The van der Waals surface area contributed by atoms with E-state index in [4.69, 9.17) is 4.74 Å². The van der Waals surface area contributed by atoms with Crippen molar-refractivity contribution >= 4 is 5.91 Å². The van der Waals surface area contributed by atoms with E-state index in [2.05, 4.69) is 5.32 Å². The van der Waals surface area contributed by atoms with Crippen molar-refractivity contribution in [2.24, 2.45) is 0 Å². The van der Waals surface area contributed by atoms with Crippen LogP contribution >= 0.6 is 0 Å². The number of carbonyl (C=O) groups excluding carboxylic acids is 1. The van der Waals surface area contributed by atoms with E-state index < -0.39 is 0 Å². The predicted molar refractivity (Wildman–Crippen MR) is 107 cm³/mol. The van der Waals surface area contributed by atoms with Gasteiger partial charge in [-0.1, -0.05) is 36.4 Å². The summed E-state index contributed by atoms with van der Waals surface area (Å²) in [5.74, 6) is -0.167. The minimum absolute atomic E-state index is 0.0297. The van der Waals surface area contributed by atoms with Gasteiger partial charge in [0.2, 0.25) is 5.91 Å². The fourth-order valence-corrected chi connectivity index (χ4v) is 3.84. The number of methoxy groups -OCH3 is 1. The molecule has 0 spiro atoms. The molecule has 3 rings (SSSR count). The molecule has 0 bridgehead atoms. The van der Waals surface area contributed by atoms with E-state index in [9.17, 15) is 14.3 Å². The van der Waals surface area contributed by atoms with Gasteiger partial charge in [-0.05, 0) is 35.7 Å². The van der Waals surface area contributed by atoms with E-state index in [-0.39, 0.29) is 42.9 Å². The Balaban J connectivity index is 1.73. The summed E-state index contributed by atoms with van der Waals surface area (Å²) in [6.45, 7) is 3.24. The number of hydrogen-bond donors (Lipinski definition) is 2. The molecule has 150 valence electrons. The molecule has 1 saturated heterocycles. The van der Waals surface area contributed by atoms with Crippen LogP contribution in [0.25, 0.3) is 11.1 Å². The van der Waals surface area contributed by atoms with E-state index in [0.717, 1.165) is 16.7 Å². The molecule has 1 heterocycles. The Kier molecular flexibility index (Phi) is 6.78. The monoisotopic (exact) mass is 386 g/mol. The number of benzene rings is 2. The molecule has 0 aliphatic carbocycles. The summed E-state index contributed by atoms with van der Waals surface area (Å²) in [4.78, 5) is 13.9. The van der Waals surface area contributed by atoms with Gasteiger partial charge in [-0.2, -0.15) is 0 Å². The van der Waals surface area contributed by atoms with Crippen LogP contribution in [0.15, 0.2) is 48.5 Å². The van der Waals surface area contributed by atoms with Crippen LogP contribution in [0.2, 0.25) is 0 Å². The van der Waals surface area contributed by atoms with Crippen molar-refractivity contribution in [3.05, 3.63) is 59.9 Å². The quantitative estimate of drug-likeness (QED) is 0.731. The molecule has 0 unspecified atom stereocenters. The van der Waals surface area contributed by atoms with E-state index in [1.54, 1.807) is 17.0 Å². The van der Waals surface area contributed by atoms with Gasteiger partial charge in [0.1, 0.15) is 12.4 Å². The van der Waals surface area contributed by atoms with Crippen LogP contribution in [0.5, 0.6) is 0 Å². The molecule has 5 nitrogen and oxygen atoms in total. The van der Waals surface area contributed by atoms with E-state index >= 15 is 0 Å². The standard InChI is InChI=1S/C22H27FN2O3/c1-3-25(21(27)14-28-2)12-19-22(20(13-26)24-19)17-6-4-15(5-7-17)16-8-10-18(23)11-9-16/h4-11,19-20,22,24,26H,3,12-14H2,1-2H3/t19-,20+,22-/m0/s1. The minimum Gasteiger partial charge on any atom is -0.395 e. The van der Waals surface area contributed by atoms with Gasteiger partial charge in [-0.25, -0.2) is 4.39 Å². The largest absolute Gasteiger partial charge is 0.395 e. The molecule has 0 radical (unpaired) electrons. The van der Waals surface area contributed by atoms with Gasteiger partial charge in [-0.3, -0.25) is 4.79 Å². The van der Waals surface area contributed by atoms with Gasteiger partial charge < -0.3 is 20.1 Å². The smallest absolute Gasteiger partial charge is 0.248 e. The fraction of sp³-hybridized carbons (Fsp3) is 0.409. The average molecular weight is 386 g/mol. The molecule has 1 fully saturated rings. The number of amides is 1. The first kappa shape index (κ1) is 20.5. The third-order valence-corrected chi connectivity index (χ3v) is 5.38. The average Bonchev–Trinajstić information content (AvgIpc) is 2.69. The Morgan fingerprint density at radius 2 is 1.71 bits per heavy atom. The lowest BCUT2D eigenvalue weighted by Crippen LogP contribution is -2.65. The highest BCUT2D eigenvalue weighted by atomic mass is 19.1. The molecular formula is C22H27FN2O3. The molecule has 2 aromatic carbocycles. The number of rotatable bonds is 8. The fourth-order valence-electron chi connectivity index (χ4n) is 3.84. The second-order valence-electron chi connectivity index (χ2n) is 7.08. The first-order valence-corrected chi connectivity index (χ1v) is 9.56. The maximum absolute atomic E-state index is 13.1. The van der Waals surface area contributed by atoms with Crippen LogP contribution < -0.4 is 5.32 Å². The molecule has 1 aliphatic heterocycles. The normalized spacial score (nSPS) is 21.2. The van der Waals surface area contributed by atoms with E-state index in [1.165, 1.54) is 19.2 Å². The summed E-state index contributed by atoms with van der Waals surface area (Å²) in [7, 11) is 1.51. The van der Waals surface area contributed by atoms with Crippen molar-refractivity contribution in [3.63, 3.8) is 0 Å². The molecule has 1 aliphatic rings. The zero-order chi connectivity index (χ0) is 20.1. The van der Waals surface area contributed by atoms with Gasteiger partial charge in [-0.15, -0.1) is 0 Å². The van der Waals surface area contributed by atoms with Crippen LogP contribution in [0.1, 0.15) is 18.4 Å². The Labute approximate surface area is 165 Å². The van der Waals surface area contributed by atoms with Crippen LogP contribution in [-0.4, -0.2) is 61.4 Å². The maximum Gasteiger partial charge on any atom is 0.248 e. The third-order valence-electron chi connectivity index (χ3n) is 5.38. The summed E-state index contributed by atoms with van der Waals surface area (Å²) >= 11 is 0. The zero-order valence-corrected chi connectivity index (χ0v) is 16.3. The highest BCUT2D eigenvalue weighted by Gasteiger charge is 2.41. The van der Waals surface area contributed by atoms with Gasteiger partial charge >= 0.3 is 0 Å². The van der Waals surface area contributed by atoms with Crippen LogP contribution in [0.3, 0.4) is 0 Å². The molecule has 0 saturated carbocycles. The minimum atomic E-state index is -0.252. The number of aliphatic hydroxyl groups is 1. The Hall–Kier alpha value is -2.28. The lowest BCUT2D eigenvalue weighted by molar-refractivity contribution is -0.135. The lowest BCUT2D eigenvalue weighted by Gasteiger charge is -2.47. The second kappa shape index (κ2) is 9.28. The Bertz CT molecular complexity index is 779. The van der Waals surface area contributed by atoms with Crippen LogP contribution in [0, 0.1) is 5.82 Å². The van der Waals surface area contributed by atoms with Crippen LogP contribution in [0.4, 0.5) is 4.39 Å². The first-order chi connectivity index (χ1) is 13.6. The molecule has 1 amide bonds. The van der Waals surface area contributed by atoms with Gasteiger partial charge in [0.25, 0.3) is 0 Å². The van der Waals surface area contributed by atoms with E-state index in [0.29, 0.717) is 13.1 Å². The van der Waals surface area contributed by atoms with Crippen LogP contribution in [-0.2, 0) is 9.53 Å². The van der Waals surface area contributed by atoms with E-state index in [1.807, 2.05) is 31.2 Å². The molecule has 0 aromatic heterocycles. The number of nitrogens with zero attached hydrogens (tertiary/aromatic N) is 1. The summed E-state index contributed by atoms with van der Waals surface area (Å²) in [6, 6.07) is 14.6. The van der Waals surface area contributed by atoms with Crippen molar-refractivity contribution in [1.82, 2.24) is 10.2 Å². The number of halogens is 1. The summed E-state index contributed by atoms with van der Waals surface area (Å²) in [5, 5.41) is 13.0. The highest BCUT2D eigenvalue weighted by molar-refractivity contribution is 5.77. The number of aliphatic hydroxyl groups excluding tert-OH is 1. The van der Waals surface area contributed by atoms with Gasteiger partial charge in [0.05, 0.1) is 6.61 Å². The zero-order valence-electron chi connectivity index (χ0n) is 16.3. The Morgan fingerprint density at radius 3 is 2.25 bits per heavy atom. The SMILES string of the molecule is CCN(C[C@@H]1N[C@H](CO)[C@H]1c1ccc(-c2ccc(F)cc2)cc1)C(=O)COC. The number of nitrogens with one attached hydrogen (secondary N) is 1. The van der Waals surface area contributed by atoms with Crippen molar-refractivity contribution in [3.8, 4) is 11.1 Å². The Morgan fingerprint density at radius 1 is 1.11 bits per heavy atom. The molecule has 2 N–H and O–H groups in total. The van der Waals surface area contributed by atoms with Gasteiger partial charge in [0, 0.05) is 38.2 Å². The van der Waals surface area contributed by atoms with Crippen molar-refractivity contribution in [1.29, 1.82) is 0 Å². The summed E-state index contributed by atoms with van der Waals surface area (Å²) in [6.07, 6.45) is 0. The third kappa shape index (κ3) is 4.41. The first-order valence-electron chi connectivity index (χ1n) is 9.56. The molecule has 3 atom stereocenters. The molecule has 2 aromatic rings. The second-order valence-corrected chi connectivity index (χ2v) is 7.08. The molecule has 28 heavy (non-hydrogen) atoms. The maximum atomic E-state index is 13.1.